The maximum atomic E-state index is 4.69. The SMILES string of the molecule is C=CC/C=C(\C=C)c1ccc(C)cc1.CC.CC.CCC.CCCOC.CCN(C)C.CCOC. The molecule has 35 heavy (non-hydrogen) atoms. The molecule has 1 rings (SSSR count). The Balaban J connectivity index is -0.0000000836. The zero-order valence-electron chi connectivity index (χ0n) is 26.5. The molecule has 0 bridgehead atoms. The van der Waals surface area contributed by atoms with E-state index in [1.54, 1.807) is 14.2 Å². The van der Waals surface area contributed by atoms with Crippen molar-refractivity contribution in [3.8, 4) is 0 Å². The lowest BCUT2D eigenvalue weighted by molar-refractivity contribution is 0.199. The average molecular weight is 496 g/mol. The molecule has 0 aliphatic carbocycles. The largest absolute Gasteiger partial charge is 0.385 e. The molecule has 0 aliphatic rings. The molecule has 0 atom stereocenters. The maximum Gasteiger partial charge on any atom is 0.0459 e. The second-order valence-corrected chi connectivity index (χ2v) is 6.93. The van der Waals surface area contributed by atoms with Crippen LogP contribution in [0, 0.1) is 6.92 Å². The third kappa shape index (κ3) is 54.6. The smallest absolute Gasteiger partial charge is 0.0459 e. The molecule has 1 aromatic carbocycles. The number of hydrogen-bond acceptors (Lipinski definition) is 3. The fourth-order valence-electron chi connectivity index (χ4n) is 1.48. The van der Waals surface area contributed by atoms with Crippen LogP contribution in [0.2, 0.25) is 0 Å². The lowest BCUT2D eigenvalue weighted by Crippen LogP contribution is -2.08. The van der Waals surface area contributed by atoms with Gasteiger partial charge in [-0.2, -0.15) is 0 Å². The van der Waals surface area contributed by atoms with E-state index in [9.17, 15) is 0 Å². The van der Waals surface area contributed by atoms with Gasteiger partial charge >= 0.3 is 0 Å². The number of hydrogen-bond donors (Lipinski definition) is 0. The van der Waals surface area contributed by atoms with Gasteiger partial charge in [-0.3, -0.25) is 0 Å². The predicted octanol–water partition coefficient (Wildman–Crippen LogP) is 9.87. The summed E-state index contributed by atoms with van der Waals surface area (Å²) in [6.07, 6.45) is 9.16. The van der Waals surface area contributed by atoms with Crippen LogP contribution < -0.4 is 0 Å². The molecule has 0 unspecified atom stereocenters. The van der Waals surface area contributed by atoms with Crippen molar-refractivity contribution in [2.24, 2.45) is 0 Å². The number of rotatable bonds is 8. The number of ether oxygens (including phenoxy) is 2. The molecule has 0 spiro atoms. The minimum Gasteiger partial charge on any atom is -0.385 e. The van der Waals surface area contributed by atoms with Crippen LogP contribution in [0.5, 0.6) is 0 Å². The fourth-order valence-corrected chi connectivity index (χ4v) is 1.48. The van der Waals surface area contributed by atoms with E-state index in [-0.39, 0.29) is 0 Å². The van der Waals surface area contributed by atoms with Gasteiger partial charge in [-0.05, 0) is 58.5 Å². The normalized spacial score (nSPS) is 8.71. The van der Waals surface area contributed by atoms with Gasteiger partial charge in [0.25, 0.3) is 0 Å². The van der Waals surface area contributed by atoms with Crippen molar-refractivity contribution < 1.29 is 9.47 Å². The van der Waals surface area contributed by atoms with Gasteiger partial charge < -0.3 is 14.4 Å². The molecule has 0 saturated carbocycles. The molecular weight excluding hydrogens is 430 g/mol. The Morgan fingerprint density at radius 3 is 1.46 bits per heavy atom. The number of nitrogens with zero attached hydrogens (tertiary/aromatic N) is 1. The molecule has 1 aromatic rings. The highest BCUT2D eigenvalue weighted by atomic mass is 16.5. The van der Waals surface area contributed by atoms with Gasteiger partial charge in [0.15, 0.2) is 0 Å². The number of allylic oxidation sites excluding steroid dienone is 4. The quantitative estimate of drug-likeness (QED) is 0.264. The highest BCUT2D eigenvalue weighted by molar-refractivity contribution is 5.73. The average Bonchev–Trinajstić information content (AvgIpc) is 2.89. The van der Waals surface area contributed by atoms with E-state index in [2.05, 4.69) is 102 Å². The van der Waals surface area contributed by atoms with Crippen molar-refractivity contribution in [3.63, 3.8) is 0 Å². The highest BCUT2D eigenvalue weighted by Gasteiger charge is 1.95. The summed E-state index contributed by atoms with van der Waals surface area (Å²) in [5.41, 5.74) is 3.67. The van der Waals surface area contributed by atoms with Gasteiger partial charge in [-0.25, -0.2) is 0 Å². The highest BCUT2D eigenvalue weighted by Crippen LogP contribution is 2.16. The first kappa shape index (κ1) is 46.6. The van der Waals surface area contributed by atoms with Crippen molar-refractivity contribution in [2.75, 3.05) is 48.1 Å². The Kier molecular flexibility index (Phi) is 65.9. The van der Waals surface area contributed by atoms with Crippen molar-refractivity contribution in [1.82, 2.24) is 4.90 Å². The number of aryl methyl sites for hydroxylation is 1. The molecule has 0 heterocycles. The Morgan fingerprint density at radius 1 is 0.857 bits per heavy atom. The van der Waals surface area contributed by atoms with Crippen LogP contribution in [-0.2, 0) is 9.47 Å². The van der Waals surface area contributed by atoms with E-state index in [1.807, 2.05) is 46.8 Å². The van der Waals surface area contributed by atoms with E-state index in [0.29, 0.717) is 0 Å². The van der Waals surface area contributed by atoms with Crippen LogP contribution in [0.4, 0.5) is 0 Å². The minimum atomic E-state index is 0.819. The Labute approximate surface area is 223 Å². The Bertz CT molecular complexity index is 487. The topological polar surface area (TPSA) is 21.7 Å². The minimum absolute atomic E-state index is 0.819. The maximum absolute atomic E-state index is 4.69. The van der Waals surface area contributed by atoms with Crippen molar-refractivity contribution in [2.45, 2.75) is 88.5 Å². The molecule has 3 nitrogen and oxygen atoms in total. The Morgan fingerprint density at radius 2 is 1.26 bits per heavy atom. The van der Waals surface area contributed by atoms with E-state index in [1.165, 1.54) is 23.1 Å². The van der Waals surface area contributed by atoms with Gasteiger partial charge in [0.05, 0.1) is 0 Å². The van der Waals surface area contributed by atoms with E-state index < -0.39 is 0 Å². The first-order valence-electron chi connectivity index (χ1n) is 13.4. The second-order valence-electron chi connectivity index (χ2n) is 6.93. The van der Waals surface area contributed by atoms with Gasteiger partial charge in [-0.1, -0.05) is 116 Å². The van der Waals surface area contributed by atoms with Crippen LogP contribution >= 0.6 is 0 Å². The van der Waals surface area contributed by atoms with Crippen LogP contribution in [0.25, 0.3) is 5.57 Å². The van der Waals surface area contributed by atoms with Gasteiger partial charge in [0, 0.05) is 27.4 Å². The lowest BCUT2D eigenvalue weighted by atomic mass is 10.0. The summed E-state index contributed by atoms with van der Waals surface area (Å²) < 4.78 is 9.23. The number of benzene rings is 1. The zero-order chi connectivity index (χ0) is 28.9. The number of methoxy groups -OCH3 is 2. The third-order valence-corrected chi connectivity index (χ3v) is 3.44. The predicted molar refractivity (Wildman–Crippen MR) is 167 cm³/mol. The summed E-state index contributed by atoms with van der Waals surface area (Å²) in [4.78, 5) is 2.12. The van der Waals surface area contributed by atoms with E-state index in [4.69, 9.17) is 4.74 Å². The van der Waals surface area contributed by atoms with Gasteiger partial charge in [0.2, 0.25) is 0 Å². The van der Waals surface area contributed by atoms with E-state index >= 15 is 0 Å². The van der Waals surface area contributed by atoms with Crippen molar-refractivity contribution in [1.29, 1.82) is 0 Å². The molecule has 0 N–H and O–H groups in total. The summed E-state index contributed by atoms with van der Waals surface area (Å²) in [6, 6.07) is 8.46. The van der Waals surface area contributed by atoms with Crippen molar-refractivity contribution >= 4 is 5.57 Å². The standard InChI is InChI=1S/C14H16.C4H11N.C4H10O.C3H8O.C3H8.2C2H6/c1-4-6-7-13(5-2)14-10-8-12(3)9-11-14;1-4-5(2)3;1-3-4-5-2;1-3-4-2;1-3-2;2*1-2/h4-5,7-11H,1-2,6H2,3H3;4H2,1-3H3;3-4H2,1-2H3;3H2,1-2H3;3H2,1-2H3;2*1-2H3/b13-7+;;;;;;. The first-order chi connectivity index (χ1) is 16.8. The molecule has 0 aromatic heterocycles. The van der Waals surface area contributed by atoms with E-state index in [0.717, 1.165) is 32.6 Å². The van der Waals surface area contributed by atoms with Gasteiger partial charge in [-0.15, -0.1) is 6.58 Å². The molecule has 0 fully saturated rings. The zero-order valence-corrected chi connectivity index (χ0v) is 26.5. The molecular formula is C32H65NO2. The fraction of sp³-hybridized carbons (Fsp3) is 0.625. The van der Waals surface area contributed by atoms with Gasteiger partial charge in [0.1, 0.15) is 0 Å². The monoisotopic (exact) mass is 496 g/mol. The summed E-state index contributed by atoms with van der Waals surface area (Å²) in [6.45, 7) is 30.9. The molecule has 0 saturated heterocycles. The molecule has 0 aliphatic heterocycles. The lowest BCUT2D eigenvalue weighted by Gasteiger charge is -2.02. The molecule has 210 valence electrons. The summed E-state index contributed by atoms with van der Waals surface area (Å²) >= 11 is 0. The summed E-state index contributed by atoms with van der Waals surface area (Å²) in [7, 11) is 7.50. The third-order valence-electron chi connectivity index (χ3n) is 3.44. The molecule has 3 heteroatoms. The second kappa shape index (κ2) is 49.5. The molecule has 0 radical (unpaired) electrons. The van der Waals surface area contributed by atoms with Crippen LogP contribution in [-0.4, -0.2) is 53.0 Å². The van der Waals surface area contributed by atoms with Crippen LogP contribution in [0.15, 0.2) is 55.7 Å². The van der Waals surface area contributed by atoms with Crippen LogP contribution in [0.1, 0.15) is 92.7 Å². The summed E-state index contributed by atoms with van der Waals surface area (Å²) in [5, 5.41) is 0. The van der Waals surface area contributed by atoms with Crippen LogP contribution in [0.3, 0.4) is 0 Å². The summed E-state index contributed by atoms with van der Waals surface area (Å²) in [5.74, 6) is 0. The Hall–Kier alpha value is -1.68. The molecule has 0 amide bonds. The van der Waals surface area contributed by atoms with Crippen molar-refractivity contribution in [3.05, 3.63) is 66.8 Å². The first-order valence-corrected chi connectivity index (χ1v) is 13.4.